The number of furan rings is 1. The quantitative estimate of drug-likeness (QED) is 0.644. The lowest BCUT2D eigenvalue weighted by Crippen LogP contribution is -2.28. The van der Waals surface area contributed by atoms with Crippen molar-refractivity contribution in [2.24, 2.45) is 0 Å². The zero-order valence-electron chi connectivity index (χ0n) is 14.5. The summed E-state index contributed by atoms with van der Waals surface area (Å²) < 4.78 is 7.40. The van der Waals surface area contributed by atoms with Crippen LogP contribution in [-0.4, -0.2) is 26.4 Å². The summed E-state index contributed by atoms with van der Waals surface area (Å²) >= 11 is 1.40. The van der Waals surface area contributed by atoms with Gasteiger partial charge in [-0.15, -0.1) is 10.2 Å². The first-order valence-corrected chi connectivity index (χ1v) is 9.67. The van der Waals surface area contributed by atoms with Crippen LogP contribution in [0.25, 0.3) is 5.69 Å². The van der Waals surface area contributed by atoms with Gasteiger partial charge >= 0.3 is 0 Å². The second kappa shape index (κ2) is 7.37. The van der Waals surface area contributed by atoms with Crippen molar-refractivity contribution in [2.45, 2.75) is 36.9 Å². The lowest BCUT2D eigenvalue weighted by molar-refractivity contribution is -0.119. The largest absolute Gasteiger partial charge is 0.467 e. The molecule has 1 atom stereocenters. The highest BCUT2D eigenvalue weighted by Crippen LogP contribution is 2.41. The standard InChI is InChI=1S/C19H20N4O2S/c1-13(16-8-5-11-25-16)20-17(24)12-26-19-22-21-18(14-9-10-14)23(19)15-6-3-2-4-7-15/h2-8,11,13-14H,9-10,12H2,1H3,(H,20,24)/t13-/m0/s1. The van der Waals surface area contributed by atoms with Crippen molar-refractivity contribution in [2.75, 3.05) is 5.75 Å². The van der Waals surface area contributed by atoms with Crippen LogP contribution < -0.4 is 5.32 Å². The van der Waals surface area contributed by atoms with E-state index in [9.17, 15) is 4.79 Å². The number of hydrogen-bond acceptors (Lipinski definition) is 5. The first-order chi connectivity index (χ1) is 12.7. The summed E-state index contributed by atoms with van der Waals surface area (Å²) in [5.74, 6) is 2.43. The molecule has 0 aliphatic heterocycles. The number of carbonyl (C=O) groups excluding carboxylic acids is 1. The first-order valence-electron chi connectivity index (χ1n) is 8.68. The fourth-order valence-electron chi connectivity index (χ4n) is 2.82. The molecule has 0 unspecified atom stereocenters. The molecule has 3 aromatic rings. The lowest BCUT2D eigenvalue weighted by atomic mass is 10.2. The minimum absolute atomic E-state index is 0.0607. The van der Waals surface area contributed by atoms with Crippen molar-refractivity contribution in [3.8, 4) is 5.69 Å². The van der Waals surface area contributed by atoms with Crippen molar-refractivity contribution >= 4 is 17.7 Å². The molecular weight excluding hydrogens is 348 g/mol. The Balaban J connectivity index is 1.46. The summed E-state index contributed by atoms with van der Waals surface area (Å²) in [5, 5.41) is 12.4. The van der Waals surface area contributed by atoms with E-state index in [1.165, 1.54) is 11.8 Å². The molecule has 1 aromatic carbocycles. The van der Waals surface area contributed by atoms with E-state index in [-0.39, 0.29) is 17.7 Å². The van der Waals surface area contributed by atoms with Crippen LogP contribution in [-0.2, 0) is 4.79 Å². The number of carbonyl (C=O) groups is 1. The van der Waals surface area contributed by atoms with E-state index in [4.69, 9.17) is 4.42 Å². The van der Waals surface area contributed by atoms with Crippen LogP contribution in [0, 0.1) is 0 Å². The molecule has 1 aliphatic carbocycles. The number of rotatable bonds is 7. The molecule has 6 nitrogen and oxygen atoms in total. The van der Waals surface area contributed by atoms with Crippen LogP contribution in [0.3, 0.4) is 0 Å². The second-order valence-corrected chi connectivity index (χ2v) is 7.32. The maximum absolute atomic E-state index is 12.3. The zero-order valence-corrected chi connectivity index (χ0v) is 15.3. The van der Waals surface area contributed by atoms with Crippen LogP contribution in [0.4, 0.5) is 0 Å². The topological polar surface area (TPSA) is 73.0 Å². The van der Waals surface area contributed by atoms with Gasteiger partial charge in [-0.1, -0.05) is 30.0 Å². The fraction of sp³-hybridized carbons (Fsp3) is 0.316. The summed E-state index contributed by atoms with van der Waals surface area (Å²) in [4.78, 5) is 12.3. The van der Waals surface area contributed by atoms with E-state index < -0.39 is 0 Å². The third-order valence-corrected chi connectivity index (χ3v) is 5.22. The van der Waals surface area contributed by atoms with Crippen LogP contribution >= 0.6 is 11.8 Å². The van der Waals surface area contributed by atoms with Gasteiger partial charge in [0.15, 0.2) is 5.16 Å². The van der Waals surface area contributed by atoms with Crippen molar-refractivity contribution in [3.05, 3.63) is 60.3 Å². The molecule has 7 heteroatoms. The molecule has 2 aromatic heterocycles. The molecule has 1 N–H and O–H groups in total. The van der Waals surface area contributed by atoms with Crippen LogP contribution in [0.5, 0.6) is 0 Å². The molecule has 26 heavy (non-hydrogen) atoms. The molecule has 2 heterocycles. The minimum Gasteiger partial charge on any atom is -0.467 e. The number of para-hydroxylation sites is 1. The highest BCUT2D eigenvalue weighted by Gasteiger charge is 2.31. The molecule has 1 saturated carbocycles. The predicted molar refractivity (Wildman–Crippen MR) is 99.3 cm³/mol. The molecule has 0 radical (unpaired) electrons. The number of thioether (sulfide) groups is 1. The summed E-state index contributed by atoms with van der Waals surface area (Å²) in [6.07, 6.45) is 3.90. The Morgan fingerprint density at radius 1 is 1.27 bits per heavy atom. The van der Waals surface area contributed by atoms with E-state index >= 15 is 0 Å². The number of nitrogens with one attached hydrogen (secondary N) is 1. The molecule has 4 rings (SSSR count). The SMILES string of the molecule is C[C@H](NC(=O)CSc1nnc(C2CC2)n1-c1ccccc1)c1ccco1. The normalized spacial score (nSPS) is 15.0. The van der Waals surface area contributed by atoms with E-state index in [1.54, 1.807) is 6.26 Å². The summed E-state index contributed by atoms with van der Waals surface area (Å²) in [6.45, 7) is 1.90. The van der Waals surface area contributed by atoms with Gasteiger partial charge in [-0.2, -0.15) is 0 Å². The molecule has 0 bridgehead atoms. The van der Waals surface area contributed by atoms with Crippen LogP contribution in [0.2, 0.25) is 0 Å². The Morgan fingerprint density at radius 3 is 2.77 bits per heavy atom. The third kappa shape index (κ3) is 3.67. The van der Waals surface area contributed by atoms with Gasteiger partial charge in [-0.3, -0.25) is 9.36 Å². The Kier molecular flexibility index (Phi) is 4.79. The van der Waals surface area contributed by atoms with Crippen molar-refractivity contribution in [3.63, 3.8) is 0 Å². The molecule has 134 valence electrons. The number of aromatic nitrogens is 3. The number of benzene rings is 1. The van der Waals surface area contributed by atoms with E-state index in [2.05, 4.69) is 20.1 Å². The third-order valence-electron chi connectivity index (χ3n) is 4.30. The fourth-order valence-corrected chi connectivity index (χ4v) is 3.59. The lowest BCUT2D eigenvalue weighted by Gasteiger charge is -2.12. The monoisotopic (exact) mass is 368 g/mol. The Labute approximate surface area is 156 Å². The maximum Gasteiger partial charge on any atom is 0.231 e. The van der Waals surface area contributed by atoms with Crippen LogP contribution in [0.15, 0.2) is 58.3 Å². The Hall–Kier alpha value is -2.54. The molecular formula is C19H20N4O2S. The molecule has 1 fully saturated rings. The highest BCUT2D eigenvalue weighted by atomic mass is 32.2. The maximum atomic E-state index is 12.3. The van der Waals surface area contributed by atoms with Crippen LogP contribution in [0.1, 0.15) is 43.3 Å². The van der Waals surface area contributed by atoms with Gasteiger partial charge in [0.2, 0.25) is 5.91 Å². The first kappa shape index (κ1) is 16.9. The number of hydrogen-bond donors (Lipinski definition) is 1. The molecule has 0 spiro atoms. The van der Waals surface area contributed by atoms with Gasteiger partial charge in [0.1, 0.15) is 11.6 Å². The highest BCUT2D eigenvalue weighted by molar-refractivity contribution is 7.99. The summed E-state index contributed by atoms with van der Waals surface area (Å²) in [7, 11) is 0. The van der Waals surface area contributed by atoms with Gasteiger partial charge in [0, 0.05) is 11.6 Å². The number of nitrogens with zero attached hydrogens (tertiary/aromatic N) is 3. The van der Waals surface area contributed by atoms with Gasteiger partial charge < -0.3 is 9.73 Å². The molecule has 1 amide bonds. The Morgan fingerprint density at radius 2 is 2.08 bits per heavy atom. The van der Waals surface area contributed by atoms with Gasteiger partial charge in [-0.05, 0) is 44.0 Å². The predicted octanol–water partition coefficient (Wildman–Crippen LogP) is 3.71. The average Bonchev–Trinajstić information content (AvgIpc) is 3.19. The van der Waals surface area contributed by atoms with Crippen molar-refractivity contribution < 1.29 is 9.21 Å². The zero-order chi connectivity index (χ0) is 17.9. The smallest absolute Gasteiger partial charge is 0.231 e. The average molecular weight is 368 g/mol. The van der Waals surface area contributed by atoms with E-state index in [0.29, 0.717) is 5.92 Å². The van der Waals surface area contributed by atoms with Gasteiger partial charge in [0.25, 0.3) is 0 Å². The Bertz CT molecular complexity index is 872. The molecule has 1 aliphatic rings. The summed E-state index contributed by atoms with van der Waals surface area (Å²) in [6, 6.07) is 13.6. The van der Waals surface area contributed by atoms with Gasteiger partial charge in [0.05, 0.1) is 18.1 Å². The number of amides is 1. The summed E-state index contributed by atoms with van der Waals surface area (Å²) in [5.41, 5.74) is 1.03. The van der Waals surface area contributed by atoms with E-state index in [0.717, 1.165) is 35.3 Å². The second-order valence-electron chi connectivity index (χ2n) is 6.38. The van der Waals surface area contributed by atoms with Crippen molar-refractivity contribution in [1.29, 1.82) is 0 Å². The molecule has 0 saturated heterocycles. The van der Waals surface area contributed by atoms with Gasteiger partial charge in [-0.25, -0.2) is 0 Å². The van der Waals surface area contributed by atoms with E-state index in [1.807, 2.05) is 49.4 Å². The van der Waals surface area contributed by atoms with Crippen molar-refractivity contribution in [1.82, 2.24) is 20.1 Å². The minimum atomic E-state index is -0.160.